The van der Waals surface area contributed by atoms with E-state index in [4.69, 9.17) is 10.00 Å². The molecule has 1 aliphatic rings. The molecule has 0 unspecified atom stereocenters. The molecule has 0 atom stereocenters. The molecular weight excluding hydrogens is 224 g/mol. The van der Waals surface area contributed by atoms with Crippen molar-refractivity contribution in [3.63, 3.8) is 0 Å². The van der Waals surface area contributed by atoms with Crippen LogP contribution in [-0.2, 0) is 11.3 Å². The van der Waals surface area contributed by atoms with Crippen molar-refractivity contribution in [2.75, 3.05) is 7.05 Å². The van der Waals surface area contributed by atoms with Crippen LogP contribution in [0.15, 0.2) is 24.3 Å². The van der Waals surface area contributed by atoms with Crippen molar-refractivity contribution in [3.8, 4) is 6.07 Å². The normalized spacial score (nSPS) is 23.6. The number of rotatable bonds is 4. The Kier molecular flexibility index (Phi) is 4.74. The summed E-state index contributed by atoms with van der Waals surface area (Å²) in [5, 5.41) is 12.0. The molecule has 1 aromatic carbocycles. The second-order valence-electron chi connectivity index (χ2n) is 4.88. The van der Waals surface area contributed by atoms with E-state index >= 15 is 0 Å². The summed E-state index contributed by atoms with van der Waals surface area (Å²) in [5.74, 6) is 0. The quantitative estimate of drug-likeness (QED) is 0.885. The van der Waals surface area contributed by atoms with Gasteiger partial charge in [0.05, 0.1) is 24.3 Å². The van der Waals surface area contributed by atoms with Gasteiger partial charge in [-0.2, -0.15) is 5.26 Å². The van der Waals surface area contributed by atoms with E-state index in [9.17, 15) is 0 Å². The first-order chi connectivity index (χ1) is 8.81. The minimum atomic E-state index is 0.394. The Morgan fingerprint density at radius 2 is 1.89 bits per heavy atom. The molecule has 1 aliphatic carbocycles. The zero-order chi connectivity index (χ0) is 12.8. The maximum Gasteiger partial charge on any atom is 0.0991 e. The molecule has 0 heterocycles. The predicted molar refractivity (Wildman–Crippen MR) is 71.0 cm³/mol. The second-order valence-corrected chi connectivity index (χ2v) is 4.88. The van der Waals surface area contributed by atoms with Gasteiger partial charge in [0.25, 0.3) is 0 Å². The third-order valence-electron chi connectivity index (χ3n) is 3.65. The van der Waals surface area contributed by atoms with E-state index in [-0.39, 0.29) is 0 Å². The average Bonchev–Trinajstić information content (AvgIpc) is 2.46. The number of ether oxygens (including phenoxy) is 1. The third kappa shape index (κ3) is 3.56. The maximum absolute atomic E-state index is 8.72. The highest BCUT2D eigenvalue weighted by Gasteiger charge is 2.20. The van der Waals surface area contributed by atoms with Gasteiger partial charge in [0.1, 0.15) is 0 Å². The zero-order valence-corrected chi connectivity index (χ0v) is 10.9. The smallest absolute Gasteiger partial charge is 0.0991 e. The summed E-state index contributed by atoms with van der Waals surface area (Å²) in [6.07, 6.45) is 5.08. The highest BCUT2D eigenvalue weighted by atomic mass is 16.5. The molecule has 1 N–H and O–H groups in total. The van der Waals surface area contributed by atoms with E-state index in [0.717, 1.165) is 18.4 Å². The molecular formula is C15H20N2O. The van der Waals surface area contributed by atoms with Crippen LogP contribution in [-0.4, -0.2) is 19.2 Å². The first kappa shape index (κ1) is 13.1. The molecule has 0 aliphatic heterocycles. The molecule has 96 valence electrons. The minimum absolute atomic E-state index is 0.394. The Morgan fingerprint density at radius 3 is 2.44 bits per heavy atom. The van der Waals surface area contributed by atoms with Crippen LogP contribution < -0.4 is 5.32 Å². The molecule has 1 saturated carbocycles. The molecule has 0 saturated heterocycles. The topological polar surface area (TPSA) is 45.0 Å². The van der Waals surface area contributed by atoms with E-state index < -0.39 is 0 Å². The number of nitrogens with zero attached hydrogens (tertiary/aromatic N) is 1. The SMILES string of the molecule is CNC1CCC(OCc2ccc(C#N)cc2)CC1. The summed E-state index contributed by atoms with van der Waals surface area (Å²) in [4.78, 5) is 0. The number of nitrogens with one attached hydrogen (secondary N) is 1. The summed E-state index contributed by atoms with van der Waals surface area (Å²) in [6.45, 7) is 0.653. The number of hydrogen-bond donors (Lipinski definition) is 1. The lowest BCUT2D eigenvalue weighted by molar-refractivity contribution is 0.0118. The van der Waals surface area contributed by atoms with Gasteiger partial charge < -0.3 is 10.1 Å². The minimum Gasteiger partial charge on any atom is -0.374 e. The molecule has 1 aromatic rings. The molecule has 0 aromatic heterocycles. The van der Waals surface area contributed by atoms with Crippen LogP contribution in [0.3, 0.4) is 0 Å². The second kappa shape index (κ2) is 6.53. The van der Waals surface area contributed by atoms with Gasteiger partial charge in [-0.05, 0) is 50.4 Å². The molecule has 3 nitrogen and oxygen atoms in total. The molecule has 0 spiro atoms. The average molecular weight is 244 g/mol. The van der Waals surface area contributed by atoms with Crippen LogP contribution >= 0.6 is 0 Å². The fraction of sp³-hybridized carbons (Fsp3) is 0.533. The van der Waals surface area contributed by atoms with Crippen molar-refractivity contribution < 1.29 is 4.74 Å². The first-order valence-corrected chi connectivity index (χ1v) is 6.59. The van der Waals surface area contributed by atoms with Crippen LogP contribution in [0.4, 0.5) is 0 Å². The monoisotopic (exact) mass is 244 g/mol. The Morgan fingerprint density at radius 1 is 1.22 bits per heavy atom. The van der Waals surface area contributed by atoms with Gasteiger partial charge in [0.2, 0.25) is 0 Å². The van der Waals surface area contributed by atoms with Crippen LogP contribution in [0, 0.1) is 11.3 Å². The van der Waals surface area contributed by atoms with Crippen LogP contribution in [0.1, 0.15) is 36.8 Å². The lowest BCUT2D eigenvalue weighted by atomic mass is 9.93. The highest BCUT2D eigenvalue weighted by Crippen LogP contribution is 2.22. The van der Waals surface area contributed by atoms with Crippen molar-refractivity contribution >= 4 is 0 Å². The van der Waals surface area contributed by atoms with Crippen molar-refractivity contribution in [1.29, 1.82) is 5.26 Å². The van der Waals surface area contributed by atoms with Crippen molar-refractivity contribution in [2.45, 2.75) is 44.4 Å². The molecule has 3 heteroatoms. The van der Waals surface area contributed by atoms with Crippen molar-refractivity contribution in [2.24, 2.45) is 0 Å². The Bertz CT molecular complexity index is 399. The van der Waals surface area contributed by atoms with Crippen LogP contribution in [0.5, 0.6) is 0 Å². The number of nitriles is 1. The predicted octanol–water partition coefficient (Wildman–Crippen LogP) is 2.61. The first-order valence-electron chi connectivity index (χ1n) is 6.59. The molecule has 0 radical (unpaired) electrons. The van der Waals surface area contributed by atoms with Gasteiger partial charge in [-0.3, -0.25) is 0 Å². The Hall–Kier alpha value is -1.37. The lowest BCUT2D eigenvalue weighted by Crippen LogP contribution is -2.32. The molecule has 1 fully saturated rings. The molecule has 18 heavy (non-hydrogen) atoms. The summed E-state index contributed by atoms with van der Waals surface area (Å²) in [5.41, 5.74) is 1.85. The molecule has 0 bridgehead atoms. The summed E-state index contributed by atoms with van der Waals surface area (Å²) >= 11 is 0. The van der Waals surface area contributed by atoms with Gasteiger partial charge in [-0.15, -0.1) is 0 Å². The van der Waals surface area contributed by atoms with E-state index in [1.807, 2.05) is 31.3 Å². The van der Waals surface area contributed by atoms with Crippen molar-refractivity contribution in [1.82, 2.24) is 5.32 Å². The molecule has 2 rings (SSSR count). The fourth-order valence-corrected chi connectivity index (χ4v) is 2.41. The van der Waals surface area contributed by atoms with Gasteiger partial charge in [-0.1, -0.05) is 12.1 Å². The Balaban J connectivity index is 1.76. The standard InChI is InChI=1S/C15H20N2O/c1-17-14-6-8-15(9-7-14)18-11-13-4-2-12(10-16)3-5-13/h2-5,14-15,17H,6-9,11H2,1H3. The van der Waals surface area contributed by atoms with E-state index in [1.54, 1.807) is 0 Å². The highest BCUT2D eigenvalue weighted by molar-refractivity contribution is 5.31. The lowest BCUT2D eigenvalue weighted by Gasteiger charge is -2.28. The zero-order valence-electron chi connectivity index (χ0n) is 10.9. The van der Waals surface area contributed by atoms with E-state index in [2.05, 4.69) is 11.4 Å². The summed E-state index contributed by atoms with van der Waals surface area (Å²) in [6, 6.07) is 10.4. The summed E-state index contributed by atoms with van der Waals surface area (Å²) in [7, 11) is 2.03. The maximum atomic E-state index is 8.72. The van der Waals surface area contributed by atoms with Gasteiger partial charge in [-0.25, -0.2) is 0 Å². The van der Waals surface area contributed by atoms with E-state index in [0.29, 0.717) is 24.3 Å². The third-order valence-corrected chi connectivity index (χ3v) is 3.65. The molecule has 0 amide bonds. The number of benzene rings is 1. The Labute approximate surface area is 109 Å². The van der Waals surface area contributed by atoms with Gasteiger partial charge >= 0.3 is 0 Å². The van der Waals surface area contributed by atoms with Crippen LogP contribution in [0.2, 0.25) is 0 Å². The van der Waals surface area contributed by atoms with Gasteiger partial charge in [0, 0.05) is 6.04 Å². The fourth-order valence-electron chi connectivity index (χ4n) is 2.41. The number of hydrogen-bond acceptors (Lipinski definition) is 3. The van der Waals surface area contributed by atoms with Gasteiger partial charge in [0.15, 0.2) is 0 Å². The largest absolute Gasteiger partial charge is 0.374 e. The van der Waals surface area contributed by atoms with Crippen LogP contribution in [0.25, 0.3) is 0 Å². The summed E-state index contributed by atoms with van der Waals surface area (Å²) < 4.78 is 5.92. The van der Waals surface area contributed by atoms with E-state index in [1.165, 1.54) is 12.8 Å². The van der Waals surface area contributed by atoms with Crippen molar-refractivity contribution in [3.05, 3.63) is 35.4 Å².